The molecule has 0 radical (unpaired) electrons. The number of hydrogen-bond acceptors (Lipinski definition) is 3. The fraction of sp³-hybridized carbons (Fsp3) is 0.0714. The topological polar surface area (TPSA) is 24.9 Å². The van der Waals surface area contributed by atoms with Gasteiger partial charge in [-0.2, -0.15) is 0 Å². The Hall–Kier alpha value is -1.65. The fourth-order valence-corrected chi connectivity index (χ4v) is 2.84. The Balaban J connectivity index is 1.99. The SMILES string of the molecule is Cc1c(F)cccc1Nc1nc2cc(Cl)ccc2s1. The Morgan fingerprint density at radius 3 is 2.95 bits per heavy atom. The number of thiazole rings is 1. The molecule has 19 heavy (non-hydrogen) atoms. The van der Waals surface area contributed by atoms with Gasteiger partial charge in [0.05, 0.1) is 10.2 Å². The number of hydrogen-bond donors (Lipinski definition) is 1. The first-order valence-corrected chi connectivity index (χ1v) is 6.91. The van der Waals surface area contributed by atoms with Crippen molar-refractivity contribution in [3.8, 4) is 0 Å². The second kappa shape index (κ2) is 4.79. The molecule has 0 saturated carbocycles. The van der Waals surface area contributed by atoms with Crippen LogP contribution in [0.5, 0.6) is 0 Å². The van der Waals surface area contributed by atoms with Crippen molar-refractivity contribution < 1.29 is 4.39 Å². The van der Waals surface area contributed by atoms with E-state index in [0.717, 1.165) is 21.0 Å². The Morgan fingerprint density at radius 1 is 1.26 bits per heavy atom. The maximum atomic E-state index is 13.5. The molecule has 0 amide bonds. The average Bonchev–Trinajstić information content (AvgIpc) is 2.76. The monoisotopic (exact) mass is 292 g/mol. The van der Waals surface area contributed by atoms with Crippen molar-refractivity contribution in [1.29, 1.82) is 0 Å². The minimum Gasteiger partial charge on any atom is -0.331 e. The third-order valence-electron chi connectivity index (χ3n) is 2.86. The minimum absolute atomic E-state index is 0.228. The summed E-state index contributed by atoms with van der Waals surface area (Å²) in [4.78, 5) is 4.44. The van der Waals surface area contributed by atoms with Crippen molar-refractivity contribution >= 4 is 44.0 Å². The van der Waals surface area contributed by atoms with Crippen molar-refractivity contribution in [2.24, 2.45) is 0 Å². The van der Waals surface area contributed by atoms with E-state index in [4.69, 9.17) is 11.6 Å². The second-order valence-corrected chi connectivity index (χ2v) is 5.64. The van der Waals surface area contributed by atoms with E-state index in [9.17, 15) is 4.39 Å². The quantitative estimate of drug-likeness (QED) is 0.707. The molecule has 0 fully saturated rings. The molecule has 2 nitrogen and oxygen atoms in total. The molecule has 3 rings (SSSR count). The van der Waals surface area contributed by atoms with E-state index in [1.54, 1.807) is 13.0 Å². The van der Waals surface area contributed by atoms with Gasteiger partial charge in [0.15, 0.2) is 5.13 Å². The number of aromatic nitrogens is 1. The van der Waals surface area contributed by atoms with Gasteiger partial charge in [-0.05, 0) is 37.3 Å². The number of fused-ring (bicyclic) bond motifs is 1. The van der Waals surface area contributed by atoms with Crippen molar-refractivity contribution in [3.63, 3.8) is 0 Å². The van der Waals surface area contributed by atoms with Crippen LogP contribution in [0.4, 0.5) is 15.2 Å². The largest absolute Gasteiger partial charge is 0.331 e. The first-order valence-electron chi connectivity index (χ1n) is 5.72. The zero-order chi connectivity index (χ0) is 13.4. The Morgan fingerprint density at radius 2 is 2.11 bits per heavy atom. The summed E-state index contributed by atoms with van der Waals surface area (Å²) in [5.41, 5.74) is 2.15. The van der Waals surface area contributed by atoms with Gasteiger partial charge in [-0.25, -0.2) is 9.37 Å². The van der Waals surface area contributed by atoms with Crippen LogP contribution in [-0.4, -0.2) is 4.98 Å². The van der Waals surface area contributed by atoms with E-state index in [1.165, 1.54) is 17.4 Å². The molecule has 0 aliphatic rings. The van der Waals surface area contributed by atoms with E-state index >= 15 is 0 Å². The number of benzene rings is 2. The van der Waals surface area contributed by atoms with E-state index in [2.05, 4.69) is 10.3 Å². The summed E-state index contributed by atoms with van der Waals surface area (Å²) in [6, 6.07) is 10.5. The van der Waals surface area contributed by atoms with Gasteiger partial charge in [0, 0.05) is 16.3 Å². The molecule has 0 aliphatic carbocycles. The first kappa shape index (κ1) is 12.4. The van der Waals surface area contributed by atoms with E-state index in [0.29, 0.717) is 10.6 Å². The first-order chi connectivity index (χ1) is 9.13. The summed E-state index contributed by atoms with van der Waals surface area (Å²) in [7, 11) is 0. The molecule has 1 N–H and O–H groups in total. The smallest absolute Gasteiger partial charge is 0.188 e. The standard InChI is InChI=1S/C14H10ClFN2S/c1-8-10(16)3-2-4-11(8)17-14-18-12-7-9(15)5-6-13(12)19-14/h2-7H,1H3,(H,17,18). The van der Waals surface area contributed by atoms with E-state index in [-0.39, 0.29) is 5.82 Å². The highest BCUT2D eigenvalue weighted by Gasteiger charge is 2.07. The van der Waals surface area contributed by atoms with E-state index < -0.39 is 0 Å². The van der Waals surface area contributed by atoms with Gasteiger partial charge < -0.3 is 5.32 Å². The van der Waals surface area contributed by atoms with Crippen LogP contribution >= 0.6 is 22.9 Å². The van der Waals surface area contributed by atoms with Gasteiger partial charge in [-0.15, -0.1) is 0 Å². The summed E-state index contributed by atoms with van der Waals surface area (Å²) >= 11 is 7.44. The molecule has 1 heterocycles. The Bertz CT molecular complexity index is 754. The number of halogens is 2. The lowest BCUT2D eigenvalue weighted by Gasteiger charge is -2.06. The highest BCUT2D eigenvalue weighted by molar-refractivity contribution is 7.22. The summed E-state index contributed by atoms with van der Waals surface area (Å²) in [5, 5.41) is 4.53. The van der Waals surface area contributed by atoms with Crippen LogP contribution in [0.2, 0.25) is 5.02 Å². The Kier molecular flexibility index (Phi) is 3.12. The van der Waals surface area contributed by atoms with Gasteiger partial charge in [0.2, 0.25) is 0 Å². The molecular weight excluding hydrogens is 283 g/mol. The molecule has 3 aromatic rings. The van der Waals surface area contributed by atoms with Crippen LogP contribution in [0.3, 0.4) is 0 Å². The van der Waals surface area contributed by atoms with Crippen molar-refractivity contribution in [3.05, 3.63) is 52.8 Å². The van der Waals surface area contributed by atoms with Crippen molar-refractivity contribution in [2.75, 3.05) is 5.32 Å². The zero-order valence-corrected chi connectivity index (χ0v) is 11.6. The highest BCUT2D eigenvalue weighted by Crippen LogP contribution is 2.31. The Labute approximate surface area is 118 Å². The number of rotatable bonds is 2. The molecular formula is C14H10ClFN2S. The molecule has 1 aromatic heterocycles. The molecule has 0 atom stereocenters. The predicted molar refractivity (Wildman–Crippen MR) is 79.0 cm³/mol. The van der Waals surface area contributed by atoms with Crippen molar-refractivity contribution in [1.82, 2.24) is 4.98 Å². The molecule has 0 saturated heterocycles. The summed E-state index contributed by atoms with van der Waals surface area (Å²) in [6.45, 7) is 1.74. The van der Waals surface area contributed by atoms with Crippen LogP contribution in [0.15, 0.2) is 36.4 Å². The van der Waals surface area contributed by atoms with E-state index in [1.807, 2.05) is 24.3 Å². The van der Waals surface area contributed by atoms with Gasteiger partial charge >= 0.3 is 0 Å². The zero-order valence-electron chi connectivity index (χ0n) is 10.1. The lowest BCUT2D eigenvalue weighted by atomic mass is 10.2. The molecule has 0 spiro atoms. The predicted octanol–water partition coefficient (Wildman–Crippen LogP) is 5.14. The highest BCUT2D eigenvalue weighted by atomic mass is 35.5. The molecule has 96 valence electrons. The molecule has 2 aromatic carbocycles. The molecule has 0 bridgehead atoms. The number of nitrogens with zero attached hydrogens (tertiary/aromatic N) is 1. The third-order valence-corrected chi connectivity index (χ3v) is 4.05. The van der Waals surface area contributed by atoms with Gasteiger partial charge in [-0.1, -0.05) is 29.0 Å². The van der Waals surface area contributed by atoms with Crippen LogP contribution in [-0.2, 0) is 0 Å². The maximum absolute atomic E-state index is 13.5. The minimum atomic E-state index is -0.228. The number of nitrogens with one attached hydrogen (secondary N) is 1. The summed E-state index contributed by atoms with van der Waals surface area (Å²) in [5.74, 6) is -0.228. The summed E-state index contributed by atoms with van der Waals surface area (Å²) in [6.07, 6.45) is 0. The second-order valence-electron chi connectivity index (χ2n) is 4.17. The average molecular weight is 293 g/mol. The van der Waals surface area contributed by atoms with Crippen molar-refractivity contribution in [2.45, 2.75) is 6.92 Å². The van der Waals surface area contributed by atoms with Crippen LogP contribution in [0.1, 0.15) is 5.56 Å². The number of anilines is 2. The lowest BCUT2D eigenvalue weighted by Crippen LogP contribution is -1.94. The van der Waals surface area contributed by atoms with Crippen LogP contribution in [0.25, 0.3) is 10.2 Å². The fourth-order valence-electron chi connectivity index (χ4n) is 1.81. The van der Waals surface area contributed by atoms with Gasteiger partial charge in [-0.3, -0.25) is 0 Å². The molecule has 0 aliphatic heterocycles. The van der Waals surface area contributed by atoms with Crippen LogP contribution in [0, 0.1) is 12.7 Å². The van der Waals surface area contributed by atoms with Gasteiger partial charge in [0.25, 0.3) is 0 Å². The normalized spacial score (nSPS) is 10.9. The molecule has 5 heteroatoms. The maximum Gasteiger partial charge on any atom is 0.188 e. The lowest BCUT2D eigenvalue weighted by molar-refractivity contribution is 0.619. The van der Waals surface area contributed by atoms with Gasteiger partial charge in [0.1, 0.15) is 5.82 Å². The third kappa shape index (κ3) is 2.41. The molecule has 0 unspecified atom stereocenters. The van der Waals surface area contributed by atoms with Crippen LogP contribution < -0.4 is 5.32 Å². The summed E-state index contributed by atoms with van der Waals surface area (Å²) < 4.78 is 14.5.